The molecule has 1 aromatic carbocycles. The summed E-state index contributed by atoms with van der Waals surface area (Å²) in [6, 6.07) is 9.77. The van der Waals surface area contributed by atoms with Crippen LogP contribution >= 0.6 is 11.3 Å². The third kappa shape index (κ3) is 2.06. The van der Waals surface area contributed by atoms with Gasteiger partial charge in [0, 0.05) is 0 Å². The number of carbonyl (C=O) groups is 1. The van der Waals surface area contributed by atoms with E-state index in [9.17, 15) is 4.79 Å². The van der Waals surface area contributed by atoms with Gasteiger partial charge in [0.1, 0.15) is 0 Å². The van der Waals surface area contributed by atoms with E-state index < -0.39 is 0 Å². The largest absolute Gasteiger partial charge is 0.397 e. The molecule has 0 bridgehead atoms. The van der Waals surface area contributed by atoms with Crippen LogP contribution in [0.2, 0.25) is 0 Å². The summed E-state index contributed by atoms with van der Waals surface area (Å²) in [6.07, 6.45) is 2.25. The summed E-state index contributed by atoms with van der Waals surface area (Å²) in [5.74, 6) is 0.109. The van der Waals surface area contributed by atoms with Crippen molar-refractivity contribution in [1.29, 1.82) is 0 Å². The molecule has 2 rings (SSSR count). The normalized spacial score (nSPS) is 10.0. The number of hydrogen-bond donors (Lipinski definition) is 0. The topological polar surface area (TPSA) is 20.9 Å². The highest BCUT2D eigenvalue weighted by atomic mass is 32.1. The average molecular weight is 204 g/mol. The van der Waals surface area contributed by atoms with Gasteiger partial charge < -0.3 is 0 Å². The lowest BCUT2D eigenvalue weighted by atomic mass is 10.1. The van der Waals surface area contributed by atoms with Crippen LogP contribution in [0.4, 0.5) is 0 Å². The molecule has 0 aliphatic rings. The SMILES string of the molecule is O=C(Cc1ccccc1)[n+]1ccsc1. The molecule has 0 aliphatic carbocycles. The third-order valence-electron chi connectivity index (χ3n) is 1.96. The summed E-state index contributed by atoms with van der Waals surface area (Å²) in [4.78, 5) is 11.6. The van der Waals surface area contributed by atoms with E-state index in [0.717, 1.165) is 5.56 Å². The maximum Gasteiger partial charge on any atom is 0.397 e. The first-order valence-electron chi connectivity index (χ1n) is 4.37. The fourth-order valence-corrected chi connectivity index (χ4v) is 1.83. The molecule has 2 aromatic rings. The molecule has 14 heavy (non-hydrogen) atoms. The van der Waals surface area contributed by atoms with E-state index in [-0.39, 0.29) is 5.91 Å². The monoisotopic (exact) mass is 204 g/mol. The van der Waals surface area contributed by atoms with Gasteiger partial charge in [0.15, 0.2) is 6.20 Å². The molecule has 0 amide bonds. The zero-order valence-corrected chi connectivity index (χ0v) is 8.41. The molecule has 2 nitrogen and oxygen atoms in total. The molecule has 0 fully saturated rings. The smallest absolute Gasteiger partial charge is 0.219 e. The molecule has 70 valence electrons. The molecule has 0 saturated carbocycles. The molecule has 0 radical (unpaired) electrons. The lowest BCUT2D eigenvalue weighted by molar-refractivity contribution is -0.568. The molecule has 0 atom stereocenters. The zero-order chi connectivity index (χ0) is 9.80. The molecular formula is C11H10NOS+. The number of hydrogen-bond acceptors (Lipinski definition) is 2. The Balaban J connectivity index is 2.10. The Morgan fingerprint density at radius 1 is 1.29 bits per heavy atom. The van der Waals surface area contributed by atoms with Crippen molar-refractivity contribution in [3.8, 4) is 0 Å². The average Bonchev–Trinajstić information content (AvgIpc) is 2.72. The van der Waals surface area contributed by atoms with E-state index in [1.165, 1.54) is 11.3 Å². The van der Waals surface area contributed by atoms with Gasteiger partial charge in [-0.3, -0.25) is 0 Å². The number of nitrogens with zero attached hydrogens (tertiary/aromatic N) is 1. The first-order chi connectivity index (χ1) is 6.86. The van der Waals surface area contributed by atoms with Crippen LogP contribution in [-0.2, 0) is 6.42 Å². The predicted molar refractivity (Wildman–Crippen MR) is 55.3 cm³/mol. The molecule has 1 aromatic heterocycles. The van der Waals surface area contributed by atoms with Gasteiger partial charge in [-0.25, -0.2) is 4.79 Å². The highest BCUT2D eigenvalue weighted by molar-refractivity contribution is 7.07. The van der Waals surface area contributed by atoms with E-state index in [1.807, 2.05) is 41.2 Å². The lowest BCUT2D eigenvalue weighted by Gasteiger charge is -1.93. The van der Waals surface area contributed by atoms with Crippen molar-refractivity contribution in [3.63, 3.8) is 0 Å². The van der Waals surface area contributed by atoms with E-state index in [4.69, 9.17) is 0 Å². The van der Waals surface area contributed by atoms with E-state index in [2.05, 4.69) is 0 Å². The van der Waals surface area contributed by atoms with Crippen LogP contribution in [0.5, 0.6) is 0 Å². The number of rotatable bonds is 2. The summed E-state index contributed by atoms with van der Waals surface area (Å²) in [6.45, 7) is 0. The minimum Gasteiger partial charge on any atom is -0.219 e. The Bertz CT molecular complexity index is 408. The zero-order valence-electron chi connectivity index (χ0n) is 7.59. The van der Waals surface area contributed by atoms with Crippen LogP contribution in [0.15, 0.2) is 47.4 Å². The van der Waals surface area contributed by atoms with Gasteiger partial charge in [0.25, 0.3) is 0 Å². The molecule has 0 spiro atoms. The van der Waals surface area contributed by atoms with Crippen LogP contribution in [-0.4, -0.2) is 5.91 Å². The Morgan fingerprint density at radius 3 is 2.71 bits per heavy atom. The maximum atomic E-state index is 11.6. The molecule has 0 saturated heterocycles. The van der Waals surface area contributed by atoms with Crippen molar-refractivity contribution < 1.29 is 9.36 Å². The Labute approximate surface area is 86.4 Å². The summed E-state index contributed by atoms with van der Waals surface area (Å²) in [7, 11) is 0. The maximum absolute atomic E-state index is 11.6. The van der Waals surface area contributed by atoms with Crippen molar-refractivity contribution >= 4 is 17.2 Å². The predicted octanol–water partition coefficient (Wildman–Crippen LogP) is 1.92. The first-order valence-corrected chi connectivity index (χ1v) is 5.31. The highest BCUT2D eigenvalue weighted by Gasteiger charge is 2.14. The molecular weight excluding hydrogens is 194 g/mol. The summed E-state index contributed by atoms with van der Waals surface area (Å²) in [5.41, 5.74) is 2.86. The van der Waals surface area contributed by atoms with Gasteiger partial charge in [-0.1, -0.05) is 41.7 Å². The number of carbonyl (C=O) groups excluding carboxylic acids is 1. The van der Waals surface area contributed by atoms with Crippen LogP contribution in [0, 0.1) is 0 Å². The second-order valence-electron chi connectivity index (χ2n) is 2.99. The highest BCUT2D eigenvalue weighted by Crippen LogP contribution is 1.99. The Hall–Kier alpha value is -1.48. The lowest BCUT2D eigenvalue weighted by Crippen LogP contribution is -2.40. The third-order valence-corrected chi connectivity index (χ3v) is 2.59. The summed E-state index contributed by atoms with van der Waals surface area (Å²) < 4.78 is 1.62. The van der Waals surface area contributed by atoms with Crippen LogP contribution < -0.4 is 4.57 Å². The van der Waals surface area contributed by atoms with Gasteiger partial charge in [-0.2, -0.15) is 0 Å². The summed E-state index contributed by atoms with van der Waals surface area (Å²) in [5, 5.41) is 1.89. The minimum atomic E-state index is 0.109. The van der Waals surface area contributed by atoms with Crippen molar-refractivity contribution in [2.24, 2.45) is 0 Å². The Morgan fingerprint density at radius 2 is 2.07 bits per heavy atom. The van der Waals surface area contributed by atoms with Crippen LogP contribution in [0.25, 0.3) is 0 Å². The minimum absolute atomic E-state index is 0.109. The fourth-order valence-electron chi connectivity index (χ4n) is 1.24. The second-order valence-corrected chi connectivity index (χ2v) is 3.75. The number of thiazole rings is 1. The van der Waals surface area contributed by atoms with Gasteiger partial charge in [0.05, 0.1) is 11.8 Å². The van der Waals surface area contributed by atoms with Crippen LogP contribution in [0.3, 0.4) is 0 Å². The first kappa shape index (κ1) is 9.09. The van der Waals surface area contributed by atoms with Gasteiger partial charge in [0.2, 0.25) is 5.51 Å². The van der Waals surface area contributed by atoms with Gasteiger partial charge in [-0.15, -0.1) is 4.57 Å². The van der Waals surface area contributed by atoms with Crippen LogP contribution in [0.1, 0.15) is 10.4 Å². The standard InChI is InChI=1S/C11H10NOS/c13-11(12-6-7-14-9-12)8-10-4-2-1-3-5-10/h1-7,9H,8H2/q+1. The van der Waals surface area contributed by atoms with Gasteiger partial charge in [-0.05, 0) is 5.56 Å². The van der Waals surface area contributed by atoms with Crippen molar-refractivity contribution in [2.45, 2.75) is 6.42 Å². The van der Waals surface area contributed by atoms with Crippen molar-refractivity contribution in [1.82, 2.24) is 0 Å². The van der Waals surface area contributed by atoms with E-state index >= 15 is 0 Å². The van der Waals surface area contributed by atoms with Gasteiger partial charge >= 0.3 is 5.91 Å². The van der Waals surface area contributed by atoms with Crippen molar-refractivity contribution in [2.75, 3.05) is 0 Å². The molecule has 0 aliphatic heterocycles. The van der Waals surface area contributed by atoms with E-state index in [0.29, 0.717) is 6.42 Å². The molecule has 0 N–H and O–H groups in total. The van der Waals surface area contributed by atoms with Crippen molar-refractivity contribution in [3.05, 3.63) is 53.0 Å². The van der Waals surface area contributed by atoms with E-state index in [1.54, 1.807) is 10.8 Å². The molecule has 3 heteroatoms. The molecule has 0 unspecified atom stereocenters. The molecule has 1 heterocycles. The fraction of sp³-hybridized carbons (Fsp3) is 0.0909. The Kier molecular flexibility index (Phi) is 2.70. The summed E-state index contributed by atoms with van der Waals surface area (Å²) >= 11 is 1.52. The quantitative estimate of drug-likeness (QED) is 0.685. The number of benzene rings is 1. The number of aromatic nitrogens is 1. The second kappa shape index (κ2) is 4.15.